The van der Waals surface area contributed by atoms with Gasteiger partial charge in [-0.25, -0.2) is 4.98 Å². The highest BCUT2D eigenvalue weighted by Gasteiger charge is 2.17. The Kier molecular flexibility index (Phi) is 5.28. The van der Waals surface area contributed by atoms with Gasteiger partial charge in [-0.05, 0) is 12.0 Å². The maximum absolute atomic E-state index is 12.1. The number of carbonyl (C=O) groups is 1. The maximum Gasteiger partial charge on any atom is 0.275 e. The summed E-state index contributed by atoms with van der Waals surface area (Å²) in [6, 6.07) is 9.91. The number of aromatic nitrogens is 1. The molecule has 1 amide bonds. The number of anilines is 1. The molecule has 21 heavy (non-hydrogen) atoms. The predicted molar refractivity (Wildman–Crippen MR) is 83.2 cm³/mol. The van der Waals surface area contributed by atoms with Gasteiger partial charge in [-0.15, -0.1) is 11.3 Å². The van der Waals surface area contributed by atoms with Gasteiger partial charge in [0.25, 0.3) is 5.91 Å². The third kappa shape index (κ3) is 4.28. The van der Waals surface area contributed by atoms with E-state index >= 15 is 0 Å². The predicted octanol–water partition coefficient (Wildman–Crippen LogP) is 1.43. The molecule has 3 N–H and O–H groups in total. The number of nitrogens with one attached hydrogen (secondary N) is 1. The zero-order valence-electron chi connectivity index (χ0n) is 11.6. The number of hydrogen-bond donors (Lipinski definition) is 2. The van der Waals surface area contributed by atoms with Crippen molar-refractivity contribution in [2.24, 2.45) is 5.16 Å². The van der Waals surface area contributed by atoms with E-state index in [-0.39, 0.29) is 11.6 Å². The minimum Gasteiger partial charge on any atom is -0.398 e. The molecular weight excluding hydrogens is 288 g/mol. The Morgan fingerprint density at radius 2 is 2.19 bits per heavy atom. The van der Waals surface area contributed by atoms with Crippen LogP contribution in [-0.4, -0.2) is 30.3 Å². The van der Waals surface area contributed by atoms with E-state index in [1.165, 1.54) is 18.4 Å². The monoisotopic (exact) mass is 304 g/mol. The molecule has 1 aromatic heterocycles. The number of nitrogens with zero attached hydrogens (tertiary/aromatic N) is 2. The van der Waals surface area contributed by atoms with Gasteiger partial charge >= 0.3 is 0 Å². The van der Waals surface area contributed by atoms with Gasteiger partial charge in [0.2, 0.25) is 0 Å². The Hall–Kier alpha value is -2.41. The summed E-state index contributed by atoms with van der Waals surface area (Å²) in [4.78, 5) is 20.9. The first-order chi connectivity index (χ1) is 10.2. The van der Waals surface area contributed by atoms with Crippen LogP contribution in [0, 0.1) is 0 Å². The van der Waals surface area contributed by atoms with Gasteiger partial charge in [-0.2, -0.15) is 0 Å². The van der Waals surface area contributed by atoms with Gasteiger partial charge in [0.15, 0.2) is 10.8 Å². The lowest BCUT2D eigenvalue weighted by molar-refractivity contribution is -0.114. The molecule has 0 saturated heterocycles. The smallest absolute Gasteiger partial charge is 0.275 e. The van der Waals surface area contributed by atoms with E-state index in [0.29, 0.717) is 17.4 Å². The number of thiazole rings is 1. The zero-order chi connectivity index (χ0) is 15.1. The molecule has 0 radical (unpaired) electrons. The molecule has 1 aromatic carbocycles. The van der Waals surface area contributed by atoms with Crippen molar-refractivity contribution in [2.75, 3.05) is 19.4 Å². The first-order valence-corrected chi connectivity index (χ1v) is 7.23. The second-order valence-electron chi connectivity index (χ2n) is 4.18. The minimum absolute atomic E-state index is 0.124. The van der Waals surface area contributed by atoms with Crippen molar-refractivity contribution < 1.29 is 9.63 Å². The second-order valence-corrected chi connectivity index (χ2v) is 5.07. The van der Waals surface area contributed by atoms with Crippen molar-refractivity contribution in [3.05, 3.63) is 47.0 Å². The van der Waals surface area contributed by atoms with Gasteiger partial charge in [0, 0.05) is 11.9 Å². The first kappa shape index (κ1) is 15.0. The molecule has 0 saturated carbocycles. The average Bonchev–Trinajstić information content (AvgIpc) is 2.92. The highest BCUT2D eigenvalue weighted by Crippen LogP contribution is 2.12. The van der Waals surface area contributed by atoms with Crippen molar-refractivity contribution in [1.82, 2.24) is 10.3 Å². The van der Waals surface area contributed by atoms with E-state index in [9.17, 15) is 4.79 Å². The SMILES string of the molecule is CO/N=C(\C(=O)NCCc1ccccc1)c1csc(N)n1. The summed E-state index contributed by atoms with van der Waals surface area (Å²) in [6.45, 7) is 0.505. The molecule has 0 aliphatic carbocycles. The lowest BCUT2D eigenvalue weighted by Crippen LogP contribution is -2.33. The van der Waals surface area contributed by atoms with Gasteiger partial charge in [-0.1, -0.05) is 35.5 Å². The molecule has 2 aromatic rings. The Morgan fingerprint density at radius 1 is 1.43 bits per heavy atom. The molecule has 7 heteroatoms. The third-order valence-electron chi connectivity index (χ3n) is 2.70. The zero-order valence-corrected chi connectivity index (χ0v) is 12.4. The number of benzene rings is 1. The molecule has 0 atom stereocenters. The van der Waals surface area contributed by atoms with Crippen LogP contribution in [0.2, 0.25) is 0 Å². The molecule has 0 spiro atoms. The van der Waals surface area contributed by atoms with Crippen LogP contribution >= 0.6 is 11.3 Å². The normalized spacial score (nSPS) is 11.2. The number of rotatable bonds is 6. The van der Waals surface area contributed by atoms with Gasteiger partial charge < -0.3 is 15.9 Å². The Balaban J connectivity index is 1.95. The van der Waals surface area contributed by atoms with Crippen molar-refractivity contribution in [2.45, 2.75) is 6.42 Å². The van der Waals surface area contributed by atoms with Crippen LogP contribution in [0.4, 0.5) is 5.13 Å². The van der Waals surface area contributed by atoms with Crippen LogP contribution < -0.4 is 11.1 Å². The van der Waals surface area contributed by atoms with Gasteiger partial charge in [-0.3, -0.25) is 4.79 Å². The Labute approximate surface area is 126 Å². The van der Waals surface area contributed by atoms with E-state index in [1.807, 2.05) is 30.3 Å². The molecule has 1 heterocycles. The van der Waals surface area contributed by atoms with Crippen molar-refractivity contribution in [3.63, 3.8) is 0 Å². The first-order valence-electron chi connectivity index (χ1n) is 6.35. The molecule has 0 unspecified atom stereocenters. The van der Waals surface area contributed by atoms with Gasteiger partial charge in [0.1, 0.15) is 12.8 Å². The summed E-state index contributed by atoms with van der Waals surface area (Å²) < 4.78 is 0. The van der Waals surface area contributed by atoms with E-state index in [2.05, 4.69) is 15.5 Å². The summed E-state index contributed by atoms with van der Waals surface area (Å²) in [5.41, 5.74) is 7.26. The number of amides is 1. The van der Waals surface area contributed by atoms with Crippen LogP contribution in [0.3, 0.4) is 0 Å². The second kappa shape index (κ2) is 7.39. The maximum atomic E-state index is 12.1. The molecule has 0 aliphatic rings. The topological polar surface area (TPSA) is 89.6 Å². The van der Waals surface area contributed by atoms with Crippen molar-refractivity contribution >= 4 is 28.1 Å². The van der Waals surface area contributed by atoms with E-state index < -0.39 is 0 Å². The van der Waals surface area contributed by atoms with Crippen LogP contribution in [0.25, 0.3) is 0 Å². The highest BCUT2D eigenvalue weighted by atomic mass is 32.1. The lowest BCUT2D eigenvalue weighted by Gasteiger charge is -2.06. The molecule has 0 bridgehead atoms. The fourth-order valence-corrected chi connectivity index (χ4v) is 2.29. The minimum atomic E-state index is -0.335. The summed E-state index contributed by atoms with van der Waals surface area (Å²) in [5, 5.41) is 8.58. The highest BCUT2D eigenvalue weighted by molar-refractivity contribution is 7.13. The van der Waals surface area contributed by atoms with Crippen LogP contribution in [-0.2, 0) is 16.1 Å². The number of nitrogen functional groups attached to an aromatic ring is 1. The van der Waals surface area contributed by atoms with Crippen LogP contribution in [0.15, 0.2) is 40.9 Å². The van der Waals surface area contributed by atoms with Crippen LogP contribution in [0.5, 0.6) is 0 Å². The summed E-state index contributed by atoms with van der Waals surface area (Å²) in [7, 11) is 1.38. The average molecular weight is 304 g/mol. The van der Waals surface area contributed by atoms with E-state index in [1.54, 1.807) is 5.38 Å². The fraction of sp³-hybridized carbons (Fsp3) is 0.214. The Bertz CT molecular complexity index is 625. The van der Waals surface area contributed by atoms with Gasteiger partial charge in [0.05, 0.1) is 0 Å². The van der Waals surface area contributed by atoms with E-state index in [4.69, 9.17) is 10.6 Å². The molecule has 2 rings (SSSR count). The van der Waals surface area contributed by atoms with Crippen LogP contribution in [0.1, 0.15) is 11.3 Å². The van der Waals surface area contributed by atoms with Crippen molar-refractivity contribution in [3.8, 4) is 0 Å². The summed E-state index contributed by atoms with van der Waals surface area (Å²) in [6.07, 6.45) is 0.742. The summed E-state index contributed by atoms with van der Waals surface area (Å²) in [5.74, 6) is -0.335. The van der Waals surface area contributed by atoms with Crippen molar-refractivity contribution in [1.29, 1.82) is 0 Å². The molecular formula is C14H16N4O2S. The quantitative estimate of drug-likeness (QED) is 0.624. The fourth-order valence-electron chi connectivity index (χ4n) is 1.74. The third-order valence-corrected chi connectivity index (χ3v) is 3.38. The number of nitrogens with two attached hydrogens (primary N) is 1. The number of hydrogen-bond acceptors (Lipinski definition) is 6. The largest absolute Gasteiger partial charge is 0.398 e. The Morgan fingerprint density at radius 3 is 2.81 bits per heavy atom. The molecule has 0 aliphatic heterocycles. The lowest BCUT2D eigenvalue weighted by atomic mass is 10.1. The molecule has 6 nitrogen and oxygen atoms in total. The number of oxime groups is 1. The molecule has 0 fully saturated rings. The number of carbonyl (C=O) groups excluding carboxylic acids is 1. The molecule has 110 valence electrons. The summed E-state index contributed by atoms with van der Waals surface area (Å²) >= 11 is 1.25. The standard InChI is InChI=1S/C14H16N4O2S/c1-20-18-12(11-9-21-14(15)17-11)13(19)16-8-7-10-5-3-2-4-6-10/h2-6,9H,7-8H2,1H3,(H2,15,17)(H,16,19)/b18-12-. The van der Waals surface area contributed by atoms with E-state index in [0.717, 1.165) is 12.0 Å².